The summed E-state index contributed by atoms with van der Waals surface area (Å²) in [5.41, 5.74) is -0.440. The Morgan fingerprint density at radius 1 is 1.43 bits per heavy atom. The lowest BCUT2D eigenvalue weighted by Crippen LogP contribution is -2.41. The number of nitrogens with one attached hydrogen (secondary N) is 1. The molecule has 1 aliphatic carbocycles. The zero-order chi connectivity index (χ0) is 10.8. The molecule has 0 aliphatic heterocycles. The van der Waals surface area contributed by atoms with E-state index in [0.717, 1.165) is 19.3 Å². The first kappa shape index (κ1) is 11.6. The third kappa shape index (κ3) is 3.74. The van der Waals surface area contributed by atoms with Crippen LogP contribution in [0.1, 0.15) is 40.0 Å². The van der Waals surface area contributed by atoms with Gasteiger partial charge >= 0.3 is 6.09 Å². The summed E-state index contributed by atoms with van der Waals surface area (Å²) in [7, 11) is 0. The summed E-state index contributed by atoms with van der Waals surface area (Å²) in [6.45, 7) is 5.54. The third-order valence-corrected chi connectivity index (χ3v) is 2.66. The Kier molecular flexibility index (Phi) is 3.65. The van der Waals surface area contributed by atoms with E-state index in [0.29, 0.717) is 0 Å². The first-order valence-electron chi connectivity index (χ1n) is 5.02. The van der Waals surface area contributed by atoms with Crippen molar-refractivity contribution in [3.8, 4) is 0 Å². The Morgan fingerprint density at radius 3 is 2.50 bits per heavy atom. The lowest BCUT2D eigenvalue weighted by molar-refractivity contribution is 0.0506. The van der Waals surface area contributed by atoms with Gasteiger partial charge in [0, 0.05) is 6.04 Å². The van der Waals surface area contributed by atoms with Crippen LogP contribution in [0.4, 0.5) is 4.79 Å². The van der Waals surface area contributed by atoms with Gasteiger partial charge in [0.2, 0.25) is 0 Å². The number of carbonyl (C=O) groups is 1. The van der Waals surface area contributed by atoms with E-state index in [9.17, 15) is 4.79 Å². The molecule has 0 radical (unpaired) electrons. The SMILES string of the molecule is CC(C)(C)OC(=O)NC1CCCC1Cl. The van der Waals surface area contributed by atoms with Crippen molar-refractivity contribution in [1.82, 2.24) is 5.32 Å². The van der Waals surface area contributed by atoms with E-state index in [-0.39, 0.29) is 17.5 Å². The van der Waals surface area contributed by atoms with Gasteiger partial charge in [0.25, 0.3) is 0 Å². The van der Waals surface area contributed by atoms with Crippen LogP contribution in [-0.4, -0.2) is 23.1 Å². The minimum atomic E-state index is -0.440. The van der Waals surface area contributed by atoms with Crippen LogP contribution in [0.25, 0.3) is 0 Å². The molecule has 2 unspecified atom stereocenters. The number of halogens is 1. The van der Waals surface area contributed by atoms with Crippen molar-refractivity contribution >= 4 is 17.7 Å². The molecule has 2 atom stereocenters. The number of hydrogen-bond donors (Lipinski definition) is 1. The van der Waals surface area contributed by atoms with Crippen molar-refractivity contribution in [2.45, 2.75) is 57.1 Å². The number of alkyl halides is 1. The second-order valence-electron chi connectivity index (χ2n) is 4.70. The molecule has 0 saturated heterocycles. The summed E-state index contributed by atoms with van der Waals surface area (Å²) >= 11 is 6.02. The number of carbonyl (C=O) groups excluding carboxylic acids is 1. The summed E-state index contributed by atoms with van der Waals surface area (Å²) in [6.07, 6.45) is 2.64. The van der Waals surface area contributed by atoms with Gasteiger partial charge in [-0.05, 0) is 40.0 Å². The van der Waals surface area contributed by atoms with Gasteiger partial charge in [-0.2, -0.15) is 0 Å². The Labute approximate surface area is 90.1 Å². The van der Waals surface area contributed by atoms with E-state index in [1.54, 1.807) is 0 Å². The fraction of sp³-hybridized carbons (Fsp3) is 0.900. The monoisotopic (exact) mass is 219 g/mol. The van der Waals surface area contributed by atoms with Crippen LogP contribution >= 0.6 is 11.6 Å². The molecule has 0 aromatic heterocycles. The highest BCUT2D eigenvalue weighted by Crippen LogP contribution is 2.24. The maximum Gasteiger partial charge on any atom is 0.407 e. The fourth-order valence-corrected chi connectivity index (χ4v) is 1.88. The number of amides is 1. The fourth-order valence-electron chi connectivity index (χ4n) is 1.54. The van der Waals surface area contributed by atoms with Gasteiger partial charge in [-0.15, -0.1) is 11.6 Å². The summed E-state index contributed by atoms with van der Waals surface area (Å²) in [4.78, 5) is 11.4. The highest BCUT2D eigenvalue weighted by molar-refractivity contribution is 6.21. The topological polar surface area (TPSA) is 38.3 Å². The lowest BCUT2D eigenvalue weighted by Gasteiger charge is -2.22. The highest BCUT2D eigenvalue weighted by Gasteiger charge is 2.28. The maximum atomic E-state index is 11.4. The molecule has 4 heteroatoms. The van der Waals surface area contributed by atoms with Crippen molar-refractivity contribution in [2.75, 3.05) is 0 Å². The molecule has 82 valence electrons. The molecular weight excluding hydrogens is 202 g/mol. The van der Waals surface area contributed by atoms with Crippen LogP contribution in [0.3, 0.4) is 0 Å². The molecule has 1 saturated carbocycles. The van der Waals surface area contributed by atoms with Gasteiger partial charge in [-0.25, -0.2) is 4.79 Å². The van der Waals surface area contributed by atoms with Crippen LogP contribution < -0.4 is 5.32 Å². The number of rotatable bonds is 1. The van der Waals surface area contributed by atoms with E-state index >= 15 is 0 Å². The Hall–Kier alpha value is -0.440. The first-order chi connectivity index (χ1) is 6.38. The van der Waals surface area contributed by atoms with Crippen LogP contribution in [0.5, 0.6) is 0 Å². The van der Waals surface area contributed by atoms with E-state index < -0.39 is 5.60 Å². The normalized spacial score (nSPS) is 27.4. The van der Waals surface area contributed by atoms with Gasteiger partial charge in [0.1, 0.15) is 5.60 Å². The summed E-state index contributed by atoms with van der Waals surface area (Å²) < 4.78 is 5.14. The molecule has 0 bridgehead atoms. The predicted octanol–water partition coefficient (Wildman–Crippen LogP) is 2.67. The minimum Gasteiger partial charge on any atom is -0.444 e. The summed E-state index contributed by atoms with van der Waals surface area (Å²) in [6, 6.07) is 0.0755. The summed E-state index contributed by atoms with van der Waals surface area (Å²) in [5, 5.41) is 2.85. The molecule has 0 aromatic carbocycles. The average molecular weight is 220 g/mol. The van der Waals surface area contributed by atoms with Gasteiger partial charge in [-0.1, -0.05) is 0 Å². The molecule has 1 rings (SSSR count). The maximum absolute atomic E-state index is 11.4. The Balaban J connectivity index is 2.33. The summed E-state index contributed by atoms with van der Waals surface area (Å²) in [5.74, 6) is 0. The molecule has 0 aromatic rings. The third-order valence-electron chi connectivity index (χ3n) is 2.13. The van der Waals surface area contributed by atoms with Gasteiger partial charge < -0.3 is 10.1 Å². The second-order valence-corrected chi connectivity index (χ2v) is 5.26. The highest BCUT2D eigenvalue weighted by atomic mass is 35.5. The van der Waals surface area contributed by atoms with Crippen molar-refractivity contribution < 1.29 is 9.53 Å². The minimum absolute atomic E-state index is 0.0579. The zero-order valence-corrected chi connectivity index (χ0v) is 9.73. The molecular formula is C10H18ClNO2. The van der Waals surface area contributed by atoms with Gasteiger partial charge in [-0.3, -0.25) is 0 Å². The molecule has 0 heterocycles. The molecule has 1 aliphatic rings. The van der Waals surface area contributed by atoms with E-state index in [2.05, 4.69) is 5.32 Å². The Morgan fingerprint density at radius 2 is 2.07 bits per heavy atom. The smallest absolute Gasteiger partial charge is 0.407 e. The quantitative estimate of drug-likeness (QED) is 0.689. The van der Waals surface area contributed by atoms with E-state index in [4.69, 9.17) is 16.3 Å². The number of ether oxygens (including phenoxy) is 1. The van der Waals surface area contributed by atoms with Crippen LogP contribution in [0.15, 0.2) is 0 Å². The molecule has 1 amide bonds. The lowest BCUT2D eigenvalue weighted by atomic mass is 10.2. The molecule has 0 spiro atoms. The van der Waals surface area contributed by atoms with Crippen LogP contribution in [0.2, 0.25) is 0 Å². The molecule has 3 nitrogen and oxygen atoms in total. The van der Waals surface area contributed by atoms with Crippen molar-refractivity contribution in [2.24, 2.45) is 0 Å². The number of alkyl carbamates (subject to hydrolysis) is 1. The van der Waals surface area contributed by atoms with Crippen LogP contribution in [0, 0.1) is 0 Å². The first-order valence-corrected chi connectivity index (χ1v) is 5.46. The van der Waals surface area contributed by atoms with Crippen molar-refractivity contribution in [3.63, 3.8) is 0 Å². The van der Waals surface area contributed by atoms with Crippen LogP contribution in [-0.2, 0) is 4.74 Å². The standard InChI is InChI=1S/C10H18ClNO2/c1-10(2,3)14-9(13)12-8-6-4-5-7(8)11/h7-8H,4-6H2,1-3H3,(H,12,13). The predicted molar refractivity (Wildman–Crippen MR) is 56.6 cm³/mol. The molecule has 1 fully saturated rings. The number of hydrogen-bond acceptors (Lipinski definition) is 2. The van der Waals surface area contributed by atoms with E-state index in [1.807, 2.05) is 20.8 Å². The van der Waals surface area contributed by atoms with E-state index in [1.165, 1.54) is 0 Å². The average Bonchev–Trinajstić information content (AvgIpc) is 2.32. The molecule has 1 N–H and O–H groups in total. The Bertz CT molecular complexity index is 213. The van der Waals surface area contributed by atoms with Gasteiger partial charge in [0.05, 0.1) is 5.38 Å². The largest absolute Gasteiger partial charge is 0.444 e. The van der Waals surface area contributed by atoms with Crippen molar-refractivity contribution in [1.29, 1.82) is 0 Å². The van der Waals surface area contributed by atoms with Crippen molar-refractivity contribution in [3.05, 3.63) is 0 Å². The van der Waals surface area contributed by atoms with Gasteiger partial charge in [0.15, 0.2) is 0 Å². The second kappa shape index (κ2) is 4.39. The molecule has 14 heavy (non-hydrogen) atoms. The zero-order valence-electron chi connectivity index (χ0n) is 8.97.